The maximum absolute atomic E-state index is 13.0. The second-order valence-electron chi connectivity index (χ2n) is 8.59. The van der Waals surface area contributed by atoms with Gasteiger partial charge in [0.1, 0.15) is 5.76 Å². The fraction of sp³-hybridized carbons (Fsp3) is 0.360. The summed E-state index contributed by atoms with van der Waals surface area (Å²) in [5, 5.41) is 7.04. The lowest BCUT2D eigenvalue weighted by Crippen LogP contribution is -2.45. The molecular weight excluding hydrogens is 482 g/mol. The van der Waals surface area contributed by atoms with Gasteiger partial charge >= 0.3 is 0 Å². The number of anilines is 2. The molecule has 1 saturated heterocycles. The van der Waals surface area contributed by atoms with Crippen molar-refractivity contribution in [2.75, 3.05) is 23.7 Å². The number of nitrogens with one attached hydrogen (secondary N) is 2. The van der Waals surface area contributed by atoms with Crippen molar-refractivity contribution in [3.05, 3.63) is 66.5 Å². The van der Waals surface area contributed by atoms with Gasteiger partial charge in [0, 0.05) is 36.3 Å². The first-order valence-corrected chi connectivity index (χ1v) is 13.3. The summed E-state index contributed by atoms with van der Waals surface area (Å²) in [5.74, 6) is 2.32. The first kappa shape index (κ1) is 25.0. The van der Waals surface area contributed by atoms with Crippen LogP contribution in [-0.4, -0.2) is 45.8 Å². The molecule has 8 nitrogen and oxygen atoms in total. The highest BCUT2D eigenvalue weighted by Crippen LogP contribution is 2.32. The van der Waals surface area contributed by atoms with Gasteiger partial charge in [-0.15, -0.1) is 11.8 Å². The number of benzene rings is 1. The molecule has 4 rings (SSSR count). The Morgan fingerprint density at radius 1 is 1.29 bits per heavy atom. The molecule has 2 N–H and O–H groups in total. The van der Waals surface area contributed by atoms with Gasteiger partial charge in [0.15, 0.2) is 5.13 Å². The van der Waals surface area contributed by atoms with E-state index in [1.54, 1.807) is 53.6 Å². The summed E-state index contributed by atoms with van der Waals surface area (Å²) in [5.41, 5.74) is 1.23. The molecule has 0 spiro atoms. The van der Waals surface area contributed by atoms with Gasteiger partial charge in [0.2, 0.25) is 11.8 Å². The lowest BCUT2D eigenvalue weighted by molar-refractivity contribution is -0.111. The van der Waals surface area contributed by atoms with Crippen molar-refractivity contribution in [3.63, 3.8) is 0 Å². The van der Waals surface area contributed by atoms with Crippen LogP contribution in [0.2, 0.25) is 0 Å². The second kappa shape index (κ2) is 11.5. The van der Waals surface area contributed by atoms with Crippen LogP contribution in [0.25, 0.3) is 0 Å². The molecule has 184 valence electrons. The fourth-order valence-corrected chi connectivity index (χ4v) is 5.51. The summed E-state index contributed by atoms with van der Waals surface area (Å²) in [6.07, 6.45) is 6.77. The minimum Gasteiger partial charge on any atom is -0.445 e. The standard InChI is InChI=1S/C25H29N5O3S2/c1-4-21(31)28-18-9-7-17(8-10-18)24(32)30-11-5-6-19(14-30)29-25-27-13-23(35-25)34-15-22-26-12-20(33-22)16(2)3/h4,7-10,12-13,16,19H,1,5-6,11,14-15H2,2-3H3,(H,27,29)(H,28,31)/t19-/m1/s1. The molecule has 1 aliphatic rings. The van der Waals surface area contributed by atoms with Gasteiger partial charge in [-0.05, 0) is 43.2 Å². The molecule has 3 heterocycles. The summed E-state index contributed by atoms with van der Waals surface area (Å²) >= 11 is 3.25. The summed E-state index contributed by atoms with van der Waals surface area (Å²) in [6.45, 7) is 8.94. The lowest BCUT2D eigenvalue weighted by atomic mass is 10.0. The maximum Gasteiger partial charge on any atom is 0.253 e. The zero-order valence-electron chi connectivity index (χ0n) is 19.8. The van der Waals surface area contributed by atoms with Crippen molar-refractivity contribution >= 4 is 45.7 Å². The quantitative estimate of drug-likeness (QED) is 0.293. The highest BCUT2D eigenvalue weighted by molar-refractivity contribution is 8.00. The van der Waals surface area contributed by atoms with E-state index in [0.717, 1.165) is 40.4 Å². The van der Waals surface area contributed by atoms with Crippen LogP contribution < -0.4 is 10.6 Å². The normalized spacial score (nSPS) is 15.7. The fourth-order valence-electron chi connectivity index (χ4n) is 3.71. The Hall–Kier alpha value is -3.11. The molecule has 0 aliphatic carbocycles. The van der Waals surface area contributed by atoms with E-state index in [1.165, 1.54) is 6.08 Å². The summed E-state index contributed by atoms with van der Waals surface area (Å²) in [4.78, 5) is 35.2. The predicted octanol–water partition coefficient (Wildman–Crippen LogP) is 5.39. The predicted molar refractivity (Wildman–Crippen MR) is 140 cm³/mol. The number of rotatable bonds is 9. The molecule has 3 aromatic rings. The molecule has 10 heteroatoms. The molecular formula is C25H29N5O3S2. The molecule has 0 unspecified atom stereocenters. The molecule has 0 bridgehead atoms. The maximum atomic E-state index is 13.0. The first-order chi connectivity index (χ1) is 16.9. The van der Waals surface area contributed by atoms with Crippen molar-refractivity contribution in [1.29, 1.82) is 0 Å². The minimum absolute atomic E-state index is 0.0137. The molecule has 2 aromatic heterocycles. The second-order valence-corrected chi connectivity index (χ2v) is 10.9. The molecule has 1 aromatic carbocycles. The van der Waals surface area contributed by atoms with Crippen LogP contribution in [0.3, 0.4) is 0 Å². The number of thiazole rings is 1. The number of carbonyl (C=O) groups excluding carboxylic acids is 2. The Labute approximate surface area is 213 Å². The van der Waals surface area contributed by atoms with Crippen molar-refractivity contribution in [2.45, 2.75) is 48.6 Å². The van der Waals surface area contributed by atoms with Crippen molar-refractivity contribution in [3.8, 4) is 0 Å². The molecule has 35 heavy (non-hydrogen) atoms. The monoisotopic (exact) mass is 511 g/mol. The SMILES string of the molecule is C=CC(=O)Nc1ccc(C(=O)N2CCC[C@@H](Nc3ncc(SCc4ncc(C(C)C)o4)s3)C2)cc1. The average molecular weight is 512 g/mol. The number of hydrogen-bond acceptors (Lipinski definition) is 8. The van der Waals surface area contributed by atoms with E-state index in [4.69, 9.17) is 4.42 Å². The van der Waals surface area contributed by atoms with Crippen LogP contribution in [0.5, 0.6) is 0 Å². The van der Waals surface area contributed by atoms with E-state index >= 15 is 0 Å². The highest BCUT2D eigenvalue weighted by Gasteiger charge is 2.25. The van der Waals surface area contributed by atoms with Gasteiger partial charge in [-0.2, -0.15) is 0 Å². The van der Waals surface area contributed by atoms with Crippen LogP contribution >= 0.6 is 23.1 Å². The van der Waals surface area contributed by atoms with E-state index in [1.807, 2.05) is 11.1 Å². The highest BCUT2D eigenvalue weighted by atomic mass is 32.2. The minimum atomic E-state index is -0.282. The van der Waals surface area contributed by atoms with E-state index in [-0.39, 0.29) is 17.9 Å². The molecule has 2 amide bonds. The van der Waals surface area contributed by atoms with Crippen LogP contribution in [0, 0.1) is 0 Å². The topological polar surface area (TPSA) is 100 Å². The van der Waals surface area contributed by atoms with Crippen LogP contribution in [0.4, 0.5) is 10.8 Å². The Morgan fingerprint density at radius 3 is 2.80 bits per heavy atom. The van der Waals surface area contributed by atoms with Gasteiger partial charge < -0.3 is 20.0 Å². The van der Waals surface area contributed by atoms with Crippen LogP contribution in [0.1, 0.15) is 54.6 Å². The number of nitrogens with zero attached hydrogens (tertiary/aromatic N) is 3. The number of hydrogen-bond donors (Lipinski definition) is 2. The molecule has 0 radical (unpaired) electrons. The average Bonchev–Trinajstić information content (AvgIpc) is 3.52. The number of aromatic nitrogens is 2. The van der Waals surface area contributed by atoms with E-state index in [9.17, 15) is 9.59 Å². The van der Waals surface area contributed by atoms with Gasteiger partial charge in [-0.1, -0.05) is 31.8 Å². The third-order valence-corrected chi connectivity index (χ3v) is 7.69. The Morgan fingerprint density at radius 2 is 2.09 bits per heavy atom. The largest absolute Gasteiger partial charge is 0.445 e. The number of likely N-dealkylation sites (tertiary alicyclic amines) is 1. The number of thioether (sulfide) groups is 1. The Balaban J connectivity index is 1.29. The van der Waals surface area contributed by atoms with Gasteiger partial charge in [0.05, 0.1) is 22.4 Å². The summed E-state index contributed by atoms with van der Waals surface area (Å²) < 4.78 is 6.86. The Bertz CT molecular complexity index is 1170. The molecule has 1 fully saturated rings. The zero-order valence-corrected chi connectivity index (χ0v) is 21.5. The van der Waals surface area contributed by atoms with E-state index in [2.05, 4.69) is 41.0 Å². The zero-order chi connectivity index (χ0) is 24.8. The first-order valence-electron chi connectivity index (χ1n) is 11.5. The molecule has 1 atom stereocenters. The van der Waals surface area contributed by atoms with Gasteiger partial charge in [-0.25, -0.2) is 9.97 Å². The van der Waals surface area contributed by atoms with E-state index in [0.29, 0.717) is 29.5 Å². The number of amides is 2. The molecule has 0 saturated carbocycles. The van der Waals surface area contributed by atoms with Crippen LogP contribution in [0.15, 0.2) is 57.9 Å². The molecule has 1 aliphatic heterocycles. The van der Waals surface area contributed by atoms with Crippen molar-refractivity contribution in [1.82, 2.24) is 14.9 Å². The smallest absolute Gasteiger partial charge is 0.253 e. The third-order valence-electron chi connectivity index (χ3n) is 5.58. The summed E-state index contributed by atoms with van der Waals surface area (Å²) in [6, 6.07) is 7.07. The third kappa shape index (κ3) is 6.73. The summed E-state index contributed by atoms with van der Waals surface area (Å²) in [7, 11) is 0. The van der Waals surface area contributed by atoms with Gasteiger partial charge in [0.25, 0.3) is 5.91 Å². The number of oxazole rings is 1. The number of carbonyl (C=O) groups is 2. The lowest BCUT2D eigenvalue weighted by Gasteiger charge is -2.33. The van der Waals surface area contributed by atoms with Crippen LogP contribution in [-0.2, 0) is 10.5 Å². The van der Waals surface area contributed by atoms with E-state index < -0.39 is 0 Å². The van der Waals surface area contributed by atoms with Crippen molar-refractivity contribution < 1.29 is 14.0 Å². The Kier molecular flexibility index (Phi) is 8.25. The van der Waals surface area contributed by atoms with Crippen molar-refractivity contribution in [2.24, 2.45) is 0 Å². The van der Waals surface area contributed by atoms with Gasteiger partial charge in [-0.3, -0.25) is 9.59 Å². The number of piperidine rings is 1.